The molecule has 0 bridgehead atoms. The summed E-state index contributed by atoms with van der Waals surface area (Å²) in [6.45, 7) is 4.06. The summed E-state index contributed by atoms with van der Waals surface area (Å²) in [6.07, 6.45) is -4.07. The number of ether oxygens (including phenoxy) is 2. The molecule has 0 spiro atoms. The van der Waals surface area contributed by atoms with Crippen molar-refractivity contribution in [2.75, 3.05) is 6.61 Å². The van der Waals surface area contributed by atoms with Gasteiger partial charge in [-0.25, -0.2) is 0 Å². The molecule has 0 aliphatic rings. The molecule has 0 aliphatic carbocycles. The van der Waals surface area contributed by atoms with E-state index in [4.69, 9.17) is 4.74 Å². The Hall–Kier alpha value is -2.50. The van der Waals surface area contributed by atoms with Gasteiger partial charge >= 0.3 is 6.36 Å². The van der Waals surface area contributed by atoms with Gasteiger partial charge in [0.25, 0.3) is 0 Å². The molecule has 6 heteroatoms. The van der Waals surface area contributed by atoms with Crippen molar-refractivity contribution >= 4 is 6.29 Å². The number of benzene rings is 2. The molecule has 0 aliphatic heterocycles. The largest absolute Gasteiger partial charge is 0.573 e. The van der Waals surface area contributed by atoms with E-state index in [0.717, 1.165) is 11.8 Å². The second kappa shape index (κ2) is 7.38. The fourth-order valence-electron chi connectivity index (χ4n) is 2.02. The Morgan fingerprint density at radius 2 is 1.62 bits per heavy atom. The summed E-state index contributed by atoms with van der Waals surface area (Å²) in [4.78, 5) is 10.7. The number of alkyl halides is 3. The molecule has 0 saturated carbocycles. The second-order valence-corrected chi connectivity index (χ2v) is 5.65. The van der Waals surface area contributed by atoms with E-state index in [1.54, 1.807) is 24.3 Å². The van der Waals surface area contributed by atoms with E-state index in [1.807, 2.05) is 13.8 Å². The van der Waals surface area contributed by atoms with Crippen LogP contribution in [0.2, 0.25) is 0 Å². The van der Waals surface area contributed by atoms with Crippen LogP contribution in [0.4, 0.5) is 13.2 Å². The number of rotatable bonds is 6. The monoisotopic (exact) mass is 338 g/mol. The molecule has 0 saturated heterocycles. The van der Waals surface area contributed by atoms with Crippen molar-refractivity contribution in [1.82, 2.24) is 0 Å². The molecule has 24 heavy (non-hydrogen) atoms. The number of carbonyl (C=O) groups excluding carboxylic acids is 1. The minimum Gasteiger partial charge on any atom is -0.489 e. The molecule has 0 heterocycles. The molecule has 0 N–H and O–H groups in total. The van der Waals surface area contributed by atoms with Gasteiger partial charge in [-0.15, -0.1) is 13.2 Å². The first-order chi connectivity index (χ1) is 11.3. The predicted octanol–water partition coefficient (Wildman–Crippen LogP) is 5.10. The van der Waals surface area contributed by atoms with Crippen molar-refractivity contribution in [2.45, 2.75) is 20.2 Å². The molecular formula is C18H17F3O3. The zero-order valence-electron chi connectivity index (χ0n) is 13.3. The molecule has 2 rings (SSSR count). The van der Waals surface area contributed by atoms with E-state index < -0.39 is 6.36 Å². The number of hydrogen-bond donors (Lipinski definition) is 0. The summed E-state index contributed by atoms with van der Waals surface area (Å²) < 4.78 is 47.0. The molecule has 0 radical (unpaired) electrons. The van der Waals surface area contributed by atoms with E-state index in [9.17, 15) is 18.0 Å². The van der Waals surface area contributed by atoms with Crippen molar-refractivity contribution in [3.05, 3.63) is 48.0 Å². The topological polar surface area (TPSA) is 35.5 Å². The molecule has 3 nitrogen and oxygen atoms in total. The summed E-state index contributed by atoms with van der Waals surface area (Å²) >= 11 is 0. The standard InChI is InChI=1S/C18H17F3O3/c1-12(2)11-23-17-9-15(7-8-16(17)24-18(19,20)21)14-5-3-13(10-22)4-6-14/h3-10,12H,11H2,1-2H3. The number of aldehydes is 1. The smallest absolute Gasteiger partial charge is 0.489 e. The van der Waals surface area contributed by atoms with Gasteiger partial charge in [-0.05, 0) is 29.2 Å². The van der Waals surface area contributed by atoms with Crippen molar-refractivity contribution < 1.29 is 27.4 Å². The summed E-state index contributed by atoms with van der Waals surface area (Å²) in [5.74, 6) is -0.200. The lowest BCUT2D eigenvalue weighted by Crippen LogP contribution is -2.18. The number of halogens is 3. The Balaban J connectivity index is 2.35. The van der Waals surface area contributed by atoms with Gasteiger partial charge in [0, 0.05) is 5.56 Å². The van der Waals surface area contributed by atoms with Gasteiger partial charge < -0.3 is 9.47 Å². The average molecular weight is 338 g/mol. The summed E-state index contributed by atoms with van der Waals surface area (Å²) in [5.41, 5.74) is 1.95. The first-order valence-corrected chi connectivity index (χ1v) is 7.36. The quantitative estimate of drug-likeness (QED) is 0.688. The van der Waals surface area contributed by atoms with Gasteiger partial charge in [0.05, 0.1) is 6.61 Å². The zero-order valence-corrected chi connectivity index (χ0v) is 13.3. The molecule has 2 aromatic rings. The van der Waals surface area contributed by atoms with Crippen molar-refractivity contribution in [1.29, 1.82) is 0 Å². The van der Waals surface area contributed by atoms with E-state index in [1.165, 1.54) is 18.2 Å². The highest BCUT2D eigenvalue weighted by atomic mass is 19.4. The van der Waals surface area contributed by atoms with Crippen molar-refractivity contribution in [3.8, 4) is 22.6 Å². The lowest BCUT2D eigenvalue weighted by atomic mass is 10.0. The van der Waals surface area contributed by atoms with Gasteiger partial charge in [0.2, 0.25) is 0 Å². The molecule has 2 aromatic carbocycles. The Kier molecular flexibility index (Phi) is 5.49. The molecule has 128 valence electrons. The normalized spacial score (nSPS) is 11.4. The van der Waals surface area contributed by atoms with E-state index in [-0.39, 0.29) is 24.0 Å². The Morgan fingerprint density at radius 1 is 1.00 bits per heavy atom. The van der Waals surface area contributed by atoms with Crippen LogP contribution >= 0.6 is 0 Å². The third-order valence-corrected chi connectivity index (χ3v) is 3.12. The highest BCUT2D eigenvalue weighted by Crippen LogP contribution is 2.36. The molecule has 0 fully saturated rings. The van der Waals surface area contributed by atoms with Gasteiger partial charge in [-0.2, -0.15) is 0 Å². The van der Waals surface area contributed by atoms with E-state index in [0.29, 0.717) is 11.1 Å². The predicted molar refractivity (Wildman–Crippen MR) is 84.3 cm³/mol. The number of hydrogen-bond acceptors (Lipinski definition) is 3. The van der Waals surface area contributed by atoms with Crippen LogP contribution in [0.3, 0.4) is 0 Å². The van der Waals surface area contributed by atoms with Gasteiger partial charge in [-0.1, -0.05) is 44.2 Å². The third kappa shape index (κ3) is 5.01. The van der Waals surface area contributed by atoms with Gasteiger partial charge in [0.1, 0.15) is 6.29 Å². The van der Waals surface area contributed by atoms with Crippen LogP contribution < -0.4 is 9.47 Å². The van der Waals surface area contributed by atoms with E-state index in [2.05, 4.69) is 4.74 Å². The lowest BCUT2D eigenvalue weighted by molar-refractivity contribution is -0.275. The first kappa shape index (κ1) is 17.8. The van der Waals surface area contributed by atoms with Crippen LogP contribution in [0.25, 0.3) is 11.1 Å². The maximum atomic E-state index is 12.5. The van der Waals surface area contributed by atoms with Crippen LogP contribution in [-0.2, 0) is 0 Å². The van der Waals surface area contributed by atoms with Crippen LogP contribution in [0, 0.1) is 5.92 Å². The van der Waals surface area contributed by atoms with Crippen LogP contribution in [0.15, 0.2) is 42.5 Å². The fraction of sp³-hybridized carbons (Fsp3) is 0.278. The molecule has 0 amide bonds. The first-order valence-electron chi connectivity index (χ1n) is 7.36. The van der Waals surface area contributed by atoms with Crippen LogP contribution in [0.5, 0.6) is 11.5 Å². The fourth-order valence-corrected chi connectivity index (χ4v) is 2.02. The zero-order chi connectivity index (χ0) is 17.7. The average Bonchev–Trinajstić information content (AvgIpc) is 2.52. The summed E-state index contributed by atoms with van der Waals surface area (Å²) in [6, 6.07) is 10.9. The third-order valence-electron chi connectivity index (χ3n) is 3.12. The Bertz CT molecular complexity index is 692. The van der Waals surface area contributed by atoms with Crippen LogP contribution in [-0.4, -0.2) is 19.3 Å². The molecular weight excluding hydrogens is 321 g/mol. The molecule has 0 aromatic heterocycles. The minimum absolute atomic E-state index is 0.0259. The highest BCUT2D eigenvalue weighted by molar-refractivity contribution is 5.77. The maximum Gasteiger partial charge on any atom is 0.573 e. The second-order valence-electron chi connectivity index (χ2n) is 5.65. The molecule has 0 atom stereocenters. The summed E-state index contributed by atoms with van der Waals surface area (Å²) in [5, 5.41) is 0. The van der Waals surface area contributed by atoms with Crippen molar-refractivity contribution in [2.24, 2.45) is 5.92 Å². The Labute approximate surface area is 138 Å². The SMILES string of the molecule is CC(C)COc1cc(-c2ccc(C=O)cc2)ccc1OC(F)(F)F. The maximum absolute atomic E-state index is 12.5. The van der Waals surface area contributed by atoms with Crippen molar-refractivity contribution in [3.63, 3.8) is 0 Å². The van der Waals surface area contributed by atoms with E-state index >= 15 is 0 Å². The molecule has 0 unspecified atom stereocenters. The summed E-state index contributed by atoms with van der Waals surface area (Å²) in [7, 11) is 0. The lowest BCUT2D eigenvalue weighted by Gasteiger charge is -2.16. The number of carbonyl (C=O) groups is 1. The minimum atomic E-state index is -4.79. The van der Waals surface area contributed by atoms with Gasteiger partial charge in [-0.3, -0.25) is 4.79 Å². The highest BCUT2D eigenvalue weighted by Gasteiger charge is 2.32. The van der Waals surface area contributed by atoms with Crippen LogP contribution in [0.1, 0.15) is 24.2 Å². The Morgan fingerprint density at radius 3 is 2.17 bits per heavy atom. The van der Waals surface area contributed by atoms with Gasteiger partial charge in [0.15, 0.2) is 11.5 Å².